The highest BCUT2D eigenvalue weighted by molar-refractivity contribution is 8.02. The summed E-state index contributed by atoms with van der Waals surface area (Å²) in [5.74, 6) is -1.57. The van der Waals surface area contributed by atoms with Gasteiger partial charge >= 0.3 is 0 Å². The highest BCUT2D eigenvalue weighted by Crippen LogP contribution is 2.66. The van der Waals surface area contributed by atoms with E-state index in [0.717, 1.165) is 23.9 Å². The number of aliphatic hydroxyl groups is 1. The van der Waals surface area contributed by atoms with Crippen molar-refractivity contribution in [3.05, 3.63) is 49.6 Å². The van der Waals surface area contributed by atoms with Gasteiger partial charge in [-0.1, -0.05) is 36.4 Å². The normalized spacial score (nSPS) is 27.1. The number of hydrogen-bond donors (Lipinski definition) is 1. The van der Waals surface area contributed by atoms with Crippen LogP contribution < -0.4 is 0 Å². The van der Waals surface area contributed by atoms with E-state index in [1.54, 1.807) is 38.4 Å². The summed E-state index contributed by atoms with van der Waals surface area (Å²) in [6.45, 7) is 10.9. The molecule has 3 aliphatic heterocycles. The first kappa shape index (κ1) is 27.4. The van der Waals surface area contributed by atoms with Crippen molar-refractivity contribution < 1.29 is 19.5 Å². The molecule has 2 unspecified atom stereocenters. The van der Waals surface area contributed by atoms with Crippen molar-refractivity contribution in [2.45, 2.75) is 48.9 Å². The average molecular weight is 553 g/mol. The number of benzene rings is 1. The van der Waals surface area contributed by atoms with Crippen molar-refractivity contribution in [2.24, 2.45) is 11.8 Å². The lowest BCUT2D eigenvalue weighted by molar-refractivity contribution is -0.145. The Morgan fingerprint density at radius 3 is 2.67 bits per heavy atom. The minimum Gasteiger partial charge on any atom is -0.395 e. The largest absolute Gasteiger partial charge is 0.395 e. The van der Waals surface area contributed by atoms with Gasteiger partial charge in [0.1, 0.15) is 18.2 Å². The van der Waals surface area contributed by atoms with Crippen molar-refractivity contribution in [2.75, 3.05) is 32.8 Å². The zero-order valence-electron chi connectivity index (χ0n) is 22.3. The molecule has 3 amide bonds. The second kappa shape index (κ2) is 11.1. The minimum absolute atomic E-state index is 0.0192. The standard InChI is InChI=1S/C28H36N6O4S/c1-4-13-31(14-5-2)25(36)22-21-11-12-28(39-21)23(22)26(37)33(16-17-35)24(28)27(38)32(15-6-3)18-34-20-10-8-7-9-19(20)29-30-34/h4,6-10,21-24,35H,1,3,5,11-18H2,2H3/t21-,22+,23+,24?,28?/m1/s1. The third-order valence-electron chi connectivity index (χ3n) is 8.20. The van der Waals surface area contributed by atoms with Gasteiger partial charge in [0.25, 0.3) is 0 Å². The van der Waals surface area contributed by atoms with Gasteiger partial charge in [-0.25, -0.2) is 4.68 Å². The number of β-amino-alcohol motifs (C(OH)–C–C–N with tert-alkyl or cyclic N) is 1. The van der Waals surface area contributed by atoms with E-state index >= 15 is 0 Å². The Hall–Kier alpha value is -3.18. The summed E-state index contributed by atoms with van der Waals surface area (Å²) >= 11 is 1.63. The van der Waals surface area contributed by atoms with Gasteiger partial charge in [-0.2, -0.15) is 0 Å². The van der Waals surface area contributed by atoms with Crippen LogP contribution in [0, 0.1) is 11.8 Å². The van der Waals surface area contributed by atoms with Crippen LogP contribution in [0.5, 0.6) is 0 Å². The van der Waals surface area contributed by atoms with E-state index < -0.39 is 22.6 Å². The molecule has 5 rings (SSSR count). The molecule has 1 N–H and O–H groups in total. The zero-order valence-corrected chi connectivity index (χ0v) is 23.1. The number of amides is 3. The van der Waals surface area contributed by atoms with Crippen molar-refractivity contribution in [3.63, 3.8) is 0 Å². The van der Waals surface area contributed by atoms with Crippen LogP contribution in [-0.2, 0) is 21.1 Å². The number of rotatable bonds is 12. The molecule has 39 heavy (non-hydrogen) atoms. The molecule has 1 spiro atoms. The van der Waals surface area contributed by atoms with Crippen LogP contribution in [0.3, 0.4) is 0 Å². The molecule has 5 atom stereocenters. The molecule has 1 aromatic heterocycles. The molecule has 208 valence electrons. The molecule has 3 saturated heterocycles. The molecule has 2 aromatic rings. The number of aliphatic hydroxyl groups excluding tert-OH is 1. The fourth-order valence-electron chi connectivity index (χ4n) is 6.72. The summed E-state index contributed by atoms with van der Waals surface area (Å²) in [5.41, 5.74) is 1.52. The Balaban J connectivity index is 1.49. The fourth-order valence-corrected chi connectivity index (χ4v) is 8.93. The van der Waals surface area contributed by atoms with Gasteiger partial charge in [0.2, 0.25) is 17.7 Å². The molecule has 0 saturated carbocycles. The molecular formula is C28H36N6O4S. The van der Waals surface area contributed by atoms with E-state index in [1.807, 2.05) is 31.2 Å². The van der Waals surface area contributed by atoms with E-state index in [-0.39, 0.29) is 49.3 Å². The van der Waals surface area contributed by atoms with Crippen molar-refractivity contribution in [3.8, 4) is 0 Å². The summed E-state index contributed by atoms with van der Waals surface area (Å²) in [6.07, 6.45) is 5.61. The maximum atomic E-state index is 14.4. The summed E-state index contributed by atoms with van der Waals surface area (Å²) in [7, 11) is 0. The molecule has 3 fully saturated rings. The van der Waals surface area contributed by atoms with Crippen molar-refractivity contribution >= 4 is 40.5 Å². The topological polar surface area (TPSA) is 112 Å². The van der Waals surface area contributed by atoms with Gasteiger partial charge < -0.3 is 19.8 Å². The number of nitrogens with zero attached hydrogens (tertiary/aromatic N) is 6. The lowest BCUT2D eigenvalue weighted by Crippen LogP contribution is -2.55. The Morgan fingerprint density at radius 2 is 1.95 bits per heavy atom. The summed E-state index contributed by atoms with van der Waals surface area (Å²) < 4.78 is 0.951. The molecule has 0 aliphatic carbocycles. The van der Waals surface area contributed by atoms with Gasteiger partial charge in [0.05, 0.1) is 28.7 Å². The minimum atomic E-state index is -0.788. The maximum absolute atomic E-state index is 14.4. The summed E-state index contributed by atoms with van der Waals surface area (Å²) in [4.78, 5) is 47.2. The van der Waals surface area contributed by atoms with Crippen LogP contribution in [0.1, 0.15) is 26.2 Å². The van der Waals surface area contributed by atoms with E-state index in [9.17, 15) is 19.5 Å². The monoisotopic (exact) mass is 552 g/mol. The average Bonchev–Trinajstić information content (AvgIpc) is 3.68. The maximum Gasteiger partial charge on any atom is 0.248 e. The van der Waals surface area contributed by atoms with Crippen LogP contribution in [-0.4, -0.2) is 101 Å². The first-order valence-electron chi connectivity index (χ1n) is 13.6. The van der Waals surface area contributed by atoms with Gasteiger partial charge in [-0.15, -0.1) is 30.0 Å². The van der Waals surface area contributed by atoms with E-state index in [4.69, 9.17) is 0 Å². The third-order valence-corrected chi connectivity index (χ3v) is 10.2. The van der Waals surface area contributed by atoms with E-state index in [2.05, 4.69) is 23.5 Å². The van der Waals surface area contributed by atoms with Crippen LogP contribution in [0.2, 0.25) is 0 Å². The predicted molar refractivity (Wildman–Crippen MR) is 149 cm³/mol. The molecule has 2 bridgehead atoms. The number of carbonyl (C=O) groups is 3. The lowest BCUT2D eigenvalue weighted by Gasteiger charge is -2.37. The number of thioether (sulfide) groups is 1. The number of fused-ring (bicyclic) bond motifs is 2. The van der Waals surface area contributed by atoms with E-state index in [0.29, 0.717) is 19.5 Å². The van der Waals surface area contributed by atoms with Gasteiger partial charge in [0.15, 0.2) is 0 Å². The molecule has 3 aliphatic rings. The van der Waals surface area contributed by atoms with Crippen LogP contribution >= 0.6 is 11.8 Å². The molecule has 0 radical (unpaired) electrons. The second-order valence-electron chi connectivity index (χ2n) is 10.5. The number of hydrogen-bond acceptors (Lipinski definition) is 7. The Labute approximate surface area is 232 Å². The van der Waals surface area contributed by atoms with Gasteiger partial charge in [-0.3, -0.25) is 14.4 Å². The van der Waals surface area contributed by atoms with Crippen LogP contribution in [0.15, 0.2) is 49.6 Å². The van der Waals surface area contributed by atoms with Crippen molar-refractivity contribution in [1.29, 1.82) is 0 Å². The van der Waals surface area contributed by atoms with Gasteiger partial charge in [0, 0.05) is 31.4 Å². The van der Waals surface area contributed by atoms with Crippen LogP contribution in [0.25, 0.3) is 11.0 Å². The van der Waals surface area contributed by atoms with Crippen LogP contribution in [0.4, 0.5) is 0 Å². The highest BCUT2D eigenvalue weighted by atomic mass is 32.2. The predicted octanol–water partition coefficient (Wildman–Crippen LogP) is 1.91. The zero-order chi connectivity index (χ0) is 27.7. The van der Waals surface area contributed by atoms with Crippen molar-refractivity contribution in [1.82, 2.24) is 29.7 Å². The first-order chi connectivity index (χ1) is 18.9. The second-order valence-corrected chi connectivity index (χ2v) is 12.1. The lowest BCUT2D eigenvalue weighted by atomic mass is 9.70. The molecule has 11 heteroatoms. The Bertz CT molecular complexity index is 1280. The van der Waals surface area contributed by atoms with E-state index in [1.165, 1.54) is 4.90 Å². The number of aromatic nitrogens is 3. The highest BCUT2D eigenvalue weighted by Gasteiger charge is 2.74. The molecule has 1 aromatic carbocycles. The SMILES string of the molecule is C=CCN(Cn1nnc2ccccc21)C(=O)C1N(CCO)C(=O)[C@@H]2[C@@H](C(=O)N(CC=C)CCC)[C@H]3CCC12S3. The fraction of sp³-hybridized carbons (Fsp3) is 0.536. The summed E-state index contributed by atoms with van der Waals surface area (Å²) in [5, 5.41) is 18.3. The quantitative estimate of drug-likeness (QED) is 0.401. The molecule has 4 heterocycles. The number of carbonyl (C=O) groups excluding carboxylic acids is 3. The Morgan fingerprint density at radius 1 is 1.21 bits per heavy atom. The third kappa shape index (κ3) is 4.45. The number of likely N-dealkylation sites (tertiary alicyclic amines) is 1. The summed E-state index contributed by atoms with van der Waals surface area (Å²) in [6, 6.07) is 6.74. The molecular weight excluding hydrogens is 516 g/mol. The first-order valence-corrected chi connectivity index (χ1v) is 14.5. The number of para-hydroxylation sites is 1. The molecule has 10 nitrogen and oxygen atoms in total. The smallest absolute Gasteiger partial charge is 0.248 e. The van der Waals surface area contributed by atoms with Gasteiger partial charge in [-0.05, 0) is 31.4 Å². The Kier molecular flexibility index (Phi) is 7.82.